The van der Waals surface area contributed by atoms with E-state index in [0.29, 0.717) is 5.92 Å². The van der Waals surface area contributed by atoms with Gasteiger partial charge in [0.2, 0.25) is 0 Å². The number of guanidine groups is 1. The Morgan fingerprint density at radius 2 is 1.83 bits per heavy atom. The molecule has 0 unspecified atom stereocenters. The Morgan fingerprint density at radius 3 is 2.48 bits per heavy atom. The standard InChI is InChI=1S/C17H36N4O2/c1-16(2)15-23-12-6-8-20-17(18-3)19-7-4-5-9-21-10-13-22-14-11-21/h16H,4-15H2,1-3H3,(H2,18,19,20). The van der Waals surface area contributed by atoms with Crippen LogP contribution in [0.1, 0.15) is 33.1 Å². The molecule has 0 bridgehead atoms. The largest absolute Gasteiger partial charge is 0.381 e. The van der Waals surface area contributed by atoms with Crippen LogP contribution in [0.5, 0.6) is 0 Å². The van der Waals surface area contributed by atoms with E-state index in [9.17, 15) is 0 Å². The minimum absolute atomic E-state index is 0.606. The molecule has 0 saturated carbocycles. The molecule has 1 fully saturated rings. The Labute approximate surface area is 142 Å². The molecule has 0 spiro atoms. The second-order valence-electron chi connectivity index (χ2n) is 6.41. The molecular formula is C17H36N4O2. The fourth-order valence-electron chi connectivity index (χ4n) is 2.41. The first-order valence-corrected chi connectivity index (χ1v) is 9.04. The summed E-state index contributed by atoms with van der Waals surface area (Å²) in [5.41, 5.74) is 0. The number of morpholine rings is 1. The predicted octanol–water partition coefficient (Wildman–Crippen LogP) is 1.33. The summed E-state index contributed by atoms with van der Waals surface area (Å²) in [4.78, 5) is 6.73. The predicted molar refractivity (Wildman–Crippen MR) is 96.1 cm³/mol. The molecule has 0 aromatic heterocycles. The molecule has 1 rings (SSSR count). The third-order valence-electron chi connectivity index (χ3n) is 3.73. The van der Waals surface area contributed by atoms with Gasteiger partial charge in [-0.05, 0) is 31.7 Å². The highest BCUT2D eigenvalue weighted by Gasteiger charge is 2.08. The molecular weight excluding hydrogens is 292 g/mol. The molecule has 0 aliphatic carbocycles. The lowest BCUT2D eigenvalue weighted by molar-refractivity contribution is 0.0372. The van der Waals surface area contributed by atoms with Gasteiger partial charge in [-0.3, -0.25) is 9.89 Å². The zero-order valence-electron chi connectivity index (χ0n) is 15.3. The summed E-state index contributed by atoms with van der Waals surface area (Å²) in [5, 5.41) is 6.70. The summed E-state index contributed by atoms with van der Waals surface area (Å²) in [6.07, 6.45) is 3.38. The number of ether oxygens (including phenoxy) is 2. The third kappa shape index (κ3) is 11.3. The van der Waals surface area contributed by atoms with Gasteiger partial charge in [0.25, 0.3) is 0 Å². The van der Waals surface area contributed by atoms with E-state index < -0.39 is 0 Å². The van der Waals surface area contributed by atoms with Crippen LogP contribution in [-0.2, 0) is 9.47 Å². The average Bonchev–Trinajstić information content (AvgIpc) is 2.56. The van der Waals surface area contributed by atoms with Crippen LogP contribution in [0.3, 0.4) is 0 Å². The Kier molecular flexibility index (Phi) is 11.9. The first-order chi connectivity index (χ1) is 11.2. The maximum atomic E-state index is 5.57. The molecule has 6 nitrogen and oxygen atoms in total. The SMILES string of the molecule is CN=C(NCCCCN1CCOCC1)NCCCOCC(C)C. The van der Waals surface area contributed by atoms with E-state index in [2.05, 4.69) is 34.4 Å². The van der Waals surface area contributed by atoms with Crippen molar-refractivity contribution in [3.63, 3.8) is 0 Å². The lowest BCUT2D eigenvalue weighted by atomic mass is 10.2. The fourth-order valence-corrected chi connectivity index (χ4v) is 2.41. The number of hydrogen-bond donors (Lipinski definition) is 2. The quantitative estimate of drug-likeness (QED) is 0.340. The zero-order chi connectivity index (χ0) is 16.8. The number of rotatable bonds is 11. The highest BCUT2D eigenvalue weighted by Crippen LogP contribution is 1.99. The normalized spacial score (nSPS) is 16.8. The van der Waals surface area contributed by atoms with E-state index in [1.54, 1.807) is 0 Å². The second kappa shape index (κ2) is 13.6. The number of unbranched alkanes of at least 4 members (excludes halogenated alkanes) is 1. The average molecular weight is 329 g/mol. The van der Waals surface area contributed by atoms with Gasteiger partial charge >= 0.3 is 0 Å². The molecule has 1 saturated heterocycles. The van der Waals surface area contributed by atoms with E-state index in [-0.39, 0.29) is 0 Å². The van der Waals surface area contributed by atoms with Crippen molar-refractivity contribution in [1.82, 2.24) is 15.5 Å². The molecule has 0 amide bonds. The minimum Gasteiger partial charge on any atom is -0.381 e. The first kappa shape index (κ1) is 20.2. The maximum absolute atomic E-state index is 5.57. The van der Waals surface area contributed by atoms with Gasteiger partial charge in [-0.1, -0.05) is 13.8 Å². The van der Waals surface area contributed by atoms with Gasteiger partial charge in [0, 0.05) is 46.4 Å². The molecule has 23 heavy (non-hydrogen) atoms. The van der Waals surface area contributed by atoms with Crippen LogP contribution < -0.4 is 10.6 Å². The molecule has 1 aliphatic heterocycles. The van der Waals surface area contributed by atoms with Gasteiger partial charge in [-0.25, -0.2) is 0 Å². The molecule has 0 aromatic rings. The minimum atomic E-state index is 0.606. The van der Waals surface area contributed by atoms with E-state index in [1.165, 1.54) is 13.0 Å². The highest BCUT2D eigenvalue weighted by atomic mass is 16.5. The second-order valence-corrected chi connectivity index (χ2v) is 6.41. The molecule has 6 heteroatoms. The van der Waals surface area contributed by atoms with Crippen molar-refractivity contribution in [1.29, 1.82) is 0 Å². The fraction of sp³-hybridized carbons (Fsp3) is 0.941. The van der Waals surface area contributed by atoms with Crippen molar-refractivity contribution in [2.24, 2.45) is 10.9 Å². The van der Waals surface area contributed by atoms with Crippen molar-refractivity contribution < 1.29 is 9.47 Å². The van der Waals surface area contributed by atoms with Crippen molar-refractivity contribution >= 4 is 5.96 Å². The van der Waals surface area contributed by atoms with Crippen molar-refractivity contribution in [3.8, 4) is 0 Å². The van der Waals surface area contributed by atoms with Gasteiger partial charge in [0.05, 0.1) is 13.2 Å². The summed E-state index contributed by atoms with van der Waals surface area (Å²) in [6.45, 7) is 12.9. The summed E-state index contributed by atoms with van der Waals surface area (Å²) in [5.74, 6) is 1.50. The third-order valence-corrected chi connectivity index (χ3v) is 3.73. The lowest BCUT2D eigenvalue weighted by Gasteiger charge is -2.26. The zero-order valence-corrected chi connectivity index (χ0v) is 15.3. The van der Waals surface area contributed by atoms with Crippen LogP contribution in [0.25, 0.3) is 0 Å². The summed E-state index contributed by atoms with van der Waals surface area (Å²) >= 11 is 0. The molecule has 2 N–H and O–H groups in total. The molecule has 0 atom stereocenters. The van der Waals surface area contributed by atoms with Gasteiger partial charge in [-0.2, -0.15) is 0 Å². The van der Waals surface area contributed by atoms with Crippen LogP contribution in [0, 0.1) is 5.92 Å². The summed E-state index contributed by atoms with van der Waals surface area (Å²) in [6, 6.07) is 0. The molecule has 136 valence electrons. The van der Waals surface area contributed by atoms with Crippen molar-refractivity contribution in [2.45, 2.75) is 33.1 Å². The monoisotopic (exact) mass is 328 g/mol. The van der Waals surface area contributed by atoms with E-state index in [0.717, 1.165) is 71.4 Å². The van der Waals surface area contributed by atoms with Gasteiger partial charge in [-0.15, -0.1) is 0 Å². The molecule has 0 radical (unpaired) electrons. The molecule has 0 aromatic carbocycles. The van der Waals surface area contributed by atoms with Crippen molar-refractivity contribution in [2.75, 3.05) is 66.2 Å². The Bertz CT molecular complexity index is 305. The number of nitrogens with zero attached hydrogens (tertiary/aromatic N) is 2. The van der Waals surface area contributed by atoms with E-state index >= 15 is 0 Å². The van der Waals surface area contributed by atoms with Gasteiger partial charge in [0.15, 0.2) is 5.96 Å². The van der Waals surface area contributed by atoms with Crippen LogP contribution >= 0.6 is 0 Å². The van der Waals surface area contributed by atoms with Crippen molar-refractivity contribution in [3.05, 3.63) is 0 Å². The van der Waals surface area contributed by atoms with E-state index in [1.807, 2.05) is 7.05 Å². The van der Waals surface area contributed by atoms with Gasteiger partial charge in [0.1, 0.15) is 0 Å². The number of nitrogens with one attached hydrogen (secondary N) is 2. The molecule has 1 aliphatic rings. The summed E-state index contributed by atoms with van der Waals surface area (Å²) in [7, 11) is 1.82. The number of aliphatic imine (C=N–C) groups is 1. The highest BCUT2D eigenvalue weighted by molar-refractivity contribution is 5.79. The van der Waals surface area contributed by atoms with Gasteiger partial charge < -0.3 is 20.1 Å². The topological polar surface area (TPSA) is 58.1 Å². The van der Waals surface area contributed by atoms with Crippen LogP contribution in [0.15, 0.2) is 4.99 Å². The Morgan fingerprint density at radius 1 is 1.13 bits per heavy atom. The lowest BCUT2D eigenvalue weighted by Crippen LogP contribution is -2.39. The van der Waals surface area contributed by atoms with Crippen LogP contribution in [-0.4, -0.2) is 77.1 Å². The molecule has 1 heterocycles. The Hall–Kier alpha value is -0.850. The number of hydrogen-bond acceptors (Lipinski definition) is 4. The summed E-state index contributed by atoms with van der Waals surface area (Å²) < 4.78 is 10.9. The Balaban J connectivity index is 1.92. The van der Waals surface area contributed by atoms with Crippen LogP contribution in [0.4, 0.5) is 0 Å². The van der Waals surface area contributed by atoms with E-state index in [4.69, 9.17) is 9.47 Å². The smallest absolute Gasteiger partial charge is 0.190 e. The maximum Gasteiger partial charge on any atom is 0.190 e. The van der Waals surface area contributed by atoms with Crippen LogP contribution in [0.2, 0.25) is 0 Å². The first-order valence-electron chi connectivity index (χ1n) is 9.04.